The van der Waals surface area contributed by atoms with E-state index in [4.69, 9.17) is 10.3 Å². The minimum atomic E-state index is 0.506. The lowest BCUT2D eigenvalue weighted by Gasteiger charge is -2.05. The van der Waals surface area contributed by atoms with E-state index < -0.39 is 0 Å². The van der Waals surface area contributed by atoms with Gasteiger partial charge in [0.05, 0.1) is 12.2 Å². The van der Waals surface area contributed by atoms with Gasteiger partial charge in [0, 0.05) is 18.5 Å². The Morgan fingerprint density at radius 3 is 2.65 bits per heavy atom. The van der Waals surface area contributed by atoms with Crippen LogP contribution in [0.15, 0.2) is 9.52 Å². The van der Waals surface area contributed by atoms with Crippen LogP contribution in [-0.2, 0) is 19.4 Å². The van der Waals surface area contributed by atoms with Crippen molar-refractivity contribution in [2.24, 2.45) is 10.7 Å². The van der Waals surface area contributed by atoms with E-state index >= 15 is 0 Å². The molecule has 0 fully saturated rings. The molecule has 0 spiro atoms. The molecule has 5 nitrogen and oxygen atoms in total. The van der Waals surface area contributed by atoms with Crippen molar-refractivity contribution in [2.75, 3.05) is 6.54 Å². The van der Waals surface area contributed by atoms with Gasteiger partial charge >= 0.3 is 0 Å². The molecule has 1 heterocycles. The maximum Gasteiger partial charge on any atom is 0.188 e. The molecular formula is C15H28N4O. The van der Waals surface area contributed by atoms with E-state index in [1.807, 2.05) is 0 Å². The van der Waals surface area contributed by atoms with Gasteiger partial charge in [0.2, 0.25) is 0 Å². The van der Waals surface area contributed by atoms with E-state index in [0.29, 0.717) is 12.5 Å². The van der Waals surface area contributed by atoms with Crippen LogP contribution in [0.25, 0.3) is 0 Å². The van der Waals surface area contributed by atoms with Crippen molar-refractivity contribution in [1.82, 2.24) is 10.5 Å². The number of unbranched alkanes of at least 4 members (excludes halogenated alkanes) is 3. The summed E-state index contributed by atoms with van der Waals surface area (Å²) in [5.74, 6) is 1.42. The van der Waals surface area contributed by atoms with Gasteiger partial charge in [-0.15, -0.1) is 0 Å². The minimum Gasteiger partial charge on any atom is -0.370 e. The Kier molecular flexibility index (Phi) is 7.77. The van der Waals surface area contributed by atoms with Gasteiger partial charge < -0.3 is 15.6 Å². The molecule has 0 aliphatic carbocycles. The number of hydrogen-bond donors (Lipinski definition) is 2. The summed E-state index contributed by atoms with van der Waals surface area (Å²) in [5.41, 5.74) is 7.95. The van der Waals surface area contributed by atoms with E-state index in [9.17, 15) is 0 Å². The summed E-state index contributed by atoms with van der Waals surface area (Å²) >= 11 is 0. The first-order valence-electron chi connectivity index (χ1n) is 7.72. The SMILES string of the molecule is CCCCCCNC(N)=NCc1c(CC)noc1CC. The van der Waals surface area contributed by atoms with Crippen molar-refractivity contribution in [3.63, 3.8) is 0 Å². The number of rotatable bonds is 9. The van der Waals surface area contributed by atoms with Crippen LogP contribution in [0.4, 0.5) is 0 Å². The molecule has 3 N–H and O–H groups in total. The van der Waals surface area contributed by atoms with Gasteiger partial charge in [0.15, 0.2) is 5.96 Å². The third kappa shape index (κ3) is 5.23. The number of aryl methyl sites for hydroxylation is 2. The maximum atomic E-state index is 5.88. The second-order valence-electron chi connectivity index (χ2n) is 4.93. The number of aromatic nitrogens is 1. The van der Waals surface area contributed by atoms with Gasteiger partial charge in [-0.3, -0.25) is 0 Å². The van der Waals surface area contributed by atoms with Crippen LogP contribution in [0.2, 0.25) is 0 Å². The number of nitrogens with zero attached hydrogens (tertiary/aromatic N) is 2. The fourth-order valence-corrected chi connectivity index (χ4v) is 2.10. The number of nitrogens with two attached hydrogens (primary N) is 1. The Bertz CT molecular complexity index is 391. The summed E-state index contributed by atoms with van der Waals surface area (Å²) in [5, 5.41) is 7.23. The lowest BCUT2D eigenvalue weighted by molar-refractivity contribution is 0.380. The minimum absolute atomic E-state index is 0.506. The summed E-state index contributed by atoms with van der Waals surface area (Å²) in [6.07, 6.45) is 6.59. The lowest BCUT2D eigenvalue weighted by Crippen LogP contribution is -2.32. The molecule has 5 heteroatoms. The van der Waals surface area contributed by atoms with Crippen molar-refractivity contribution in [1.29, 1.82) is 0 Å². The van der Waals surface area contributed by atoms with Gasteiger partial charge in [-0.25, -0.2) is 4.99 Å². The highest BCUT2D eigenvalue weighted by atomic mass is 16.5. The van der Waals surface area contributed by atoms with Crippen LogP contribution >= 0.6 is 0 Å². The van der Waals surface area contributed by atoms with Gasteiger partial charge in [0.1, 0.15) is 5.76 Å². The lowest BCUT2D eigenvalue weighted by atomic mass is 10.1. The molecule has 0 amide bonds. The highest BCUT2D eigenvalue weighted by molar-refractivity contribution is 5.77. The van der Waals surface area contributed by atoms with E-state index in [-0.39, 0.29) is 0 Å². The summed E-state index contributed by atoms with van der Waals surface area (Å²) < 4.78 is 5.31. The highest BCUT2D eigenvalue weighted by Gasteiger charge is 2.12. The molecule has 0 bridgehead atoms. The first kappa shape index (κ1) is 16.5. The maximum absolute atomic E-state index is 5.88. The van der Waals surface area contributed by atoms with E-state index in [2.05, 4.69) is 36.2 Å². The zero-order valence-electron chi connectivity index (χ0n) is 13.0. The third-order valence-electron chi connectivity index (χ3n) is 3.35. The fraction of sp³-hybridized carbons (Fsp3) is 0.733. The van der Waals surface area contributed by atoms with Gasteiger partial charge in [-0.2, -0.15) is 0 Å². The standard InChI is InChI=1S/C15H28N4O/c1-4-7-8-9-10-17-15(16)18-11-12-13(5-2)19-20-14(12)6-3/h4-11H2,1-3H3,(H3,16,17,18). The average Bonchev–Trinajstić information content (AvgIpc) is 2.86. The van der Waals surface area contributed by atoms with Crippen molar-refractivity contribution in [2.45, 2.75) is 65.8 Å². The molecule has 1 aromatic rings. The normalized spacial score (nSPS) is 11.8. The van der Waals surface area contributed by atoms with Crippen LogP contribution in [0, 0.1) is 0 Å². The number of guanidine groups is 1. The zero-order chi connectivity index (χ0) is 14.8. The van der Waals surface area contributed by atoms with Crippen molar-refractivity contribution >= 4 is 5.96 Å². The average molecular weight is 280 g/mol. The molecule has 0 unspecified atom stereocenters. The molecule has 0 radical (unpaired) electrons. The summed E-state index contributed by atoms with van der Waals surface area (Å²) in [4.78, 5) is 4.38. The first-order valence-corrected chi connectivity index (χ1v) is 7.72. The zero-order valence-corrected chi connectivity index (χ0v) is 13.0. The molecule has 0 atom stereocenters. The molecule has 1 rings (SSSR count). The summed E-state index contributed by atoms with van der Waals surface area (Å²) in [7, 11) is 0. The van der Waals surface area contributed by atoms with Crippen molar-refractivity contribution in [3.8, 4) is 0 Å². The smallest absolute Gasteiger partial charge is 0.188 e. The Balaban J connectivity index is 2.43. The van der Waals surface area contributed by atoms with Gasteiger partial charge in [0.25, 0.3) is 0 Å². The largest absolute Gasteiger partial charge is 0.370 e. The second kappa shape index (κ2) is 9.39. The summed E-state index contributed by atoms with van der Waals surface area (Å²) in [6.45, 7) is 7.77. The van der Waals surface area contributed by atoms with Crippen LogP contribution in [0.1, 0.15) is 63.5 Å². The highest BCUT2D eigenvalue weighted by Crippen LogP contribution is 2.16. The predicted octanol–water partition coefficient (Wildman–Crippen LogP) is 2.78. The van der Waals surface area contributed by atoms with Crippen LogP contribution in [0.3, 0.4) is 0 Å². The molecule has 20 heavy (non-hydrogen) atoms. The monoisotopic (exact) mass is 280 g/mol. The first-order chi connectivity index (χ1) is 9.72. The number of hydrogen-bond acceptors (Lipinski definition) is 3. The van der Waals surface area contributed by atoms with Gasteiger partial charge in [-0.05, 0) is 12.8 Å². The molecule has 114 valence electrons. The molecule has 1 aromatic heterocycles. The third-order valence-corrected chi connectivity index (χ3v) is 3.35. The summed E-state index contributed by atoms with van der Waals surface area (Å²) in [6, 6.07) is 0. The van der Waals surface area contributed by atoms with Crippen molar-refractivity contribution < 1.29 is 4.52 Å². The molecule has 0 saturated heterocycles. The molecule has 0 saturated carbocycles. The number of aliphatic imine (C=N–C) groups is 1. The Labute approximate surface area is 122 Å². The quantitative estimate of drug-likeness (QED) is 0.414. The Hall–Kier alpha value is -1.52. The van der Waals surface area contributed by atoms with E-state index in [1.54, 1.807) is 0 Å². The Morgan fingerprint density at radius 2 is 2.00 bits per heavy atom. The van der Waals surface area contributed by atoms with Crippen LogP contribution in [-0.4, -0.2) is 17.7 Å². The molecular weight excluding hydrogens is 252 g/mol. The predicted molar refractivity (Wildman–Crippen MR) is 82.7 cm³/mol. The van der Waals surface area contributed by atoms with Gasteiger partial charge in [-0.1, -0.05) is 45.2 Å². The van der Waals surface area contributed by atoms with Crippen LogP contribution in [0.5, 0.6) is 0 Å². The van der Waals surface area contributed by atoms with E-state index in [1.165, 1.54) is 19.3 Å². The Morgan fingerprint density at radius 1 is 1.20 bits per heavy atom. The van der Waals surface area contributed by atoms with E-state index in [0.717, 1.165) is 42.8 Å². The molecule has 0 aliphatic rings. The molecule has 0 aromatic carbocycles. The second-order valence-corrected chi connectivity index (χ2v) is 4.93. The number of nitrogens with one attached hydrogen (secondary N) is 1. The van der Waals surface area contributed by atoms with Crippen molar-refractivity contribution in [3.05, 3.63) is 17.0 Å². The fourth-order valence-electron chi connectivity index (χ4n) is 2.10. The topological polar surface area (TPSA) is 76.4 Å². The molecule has 0 aliphatic heterocycles. The van der Waals surface area contributed by atoms with Crippen LogP contribution < -0.4 is 11.1 Å².